The molecule has 1 nitrogen and oxygen atoms in total. The van der Waals surface area contributed by atoms with Crippen LogP contribution in [0.1, 0.15) is 30.5 Å². The molecule has 0 unspecified atom stereocenters. The first-order valence-electron chi connectivity index (χ1n) is 6.94. The van der Waals surface area contributed by atoms with E-state index in [9.17, 15) is 8.78 Å². The number of anilines is 1. The van der Waals surface area contributed by atoms with Crippen LogP contribution in [0.4, 0.5) is 14.5 Å². The van der Waals surface area contributed by atoms with E-state index in [4.69, 9.17) is 0 Å². The first kappa shape index (κ1) is 14.5. The largest absolute Gasteiger partial charge is 0.380 e. The summed E-state index contributed by atoms with van der Waals surface area (Å²) >= 11 is 0. The summed E-state index contributed by atoms with van der Waals surface area (Å²) in [4.78, 5) is 0. The molecular formula is C17H19F2N. The van der Waals surface area contributed by atoms with Crippen LogP contribution in [-0.2, 0) is 19.4 Å². The summed E-state index contributed by atoms with van der Waals surface area (Å²) in [6.07, 6.45) is 1.84. The molecule has 2 aromatic carbocycles. The predicted molar refractivity (Wildman–Crippen MR) is 78.9 cm³/mol. The van der Waals surface area contributed by atoms with Gasteiger partial charge in [0.25, 0.3) is 0 Å². The fourth-order valence-electron chi connectivity index (χ4n) is 2.32. The van der Waals surface area contributed by atoms with Crippen LogP contribution in [0.5, 0.6) is 0 Å². The van der Waals surface area contributed by atoms with E-state index >= 15 is 0 Å². The SMILES string of the molecule is CCc1cccc(CC)c1NCc1ccc(F)cc1F. The molecule has 2 rings (SSSR count). The standard InChI is InChI=1S/C17H19F2N/c1-3-12-6-5-7-13(4-2)17(12)20-11-14-8-9-15(18)10-16(14)19/h5-10,20H,3-4,11H2,1-2H3. The smallest absolute Gasteiger partial charge is 0.131 e. The van der Waals surface area contributed by atoms with Gasteiger partial charge in [-0.1, -0.05) is 38.1 Å². The highest BCUT2D eigenvalue weighted by Crippen LogP contribution is 2.23. The van der Waals surface area contributed by atoms with Crippen molar-refractivity contribution in [2.45, 2.75) is 33.2 Å². The number of para-hydroxylation sites is 1. The van der Waals surface area contributed by atoms with E-state index in [1.165, 1.54) is 23.3 Å². The summed E-state index contributed by atoms with van der Waals surface area (Å²) in [7, 11) is 0. The average Bonchev–Trinajstić information content (AvgIpc) is 2.46. The summed E-state index contributed by atoms with van der Waals surface area (Å²) < 4.78 is 26.5. The second kappa shape index (κ2) is 6.51. The Kier molecular flexibility index (Phi) is 4.72. The maximum Gasteiger partial charge on any atom is 0.131 e. The lowest BCUT2D eigenvalue weighted by molar-refractivity contribution is 0.574. The number of rotatable bonds is 5. The Morgan fingerprint density at radius 3 is 2.10 bits per heavy atom. The second-order valence-electron chi connectivity index (χ2n) is 4.75. The van der Waals surface area contributed by atoms with Gasteiger partial charge in [-0.15, -0.1) is 0 Å². The summed E-state index contributed by atoms with van der Waals surface area (Å²) in [6, 6.07) is 9.88. The summed E-state index contributed by atoms with van der Waals surface area (Å²) in [5, 5.41) is 3.30. The molecule has 0 radical (unpaired) electrons. The number of hydrogen-bond donors (Lipinski definition) is 1. The minimum atomic E-state index is -0.547. The molecule has 0 aromatic heterocycles. The lowest BCUT2D eigenvalue weighted by atomic mass is 10.0. The van der Waals surface area contributed by atoms with Crippen LogP contribution in [0.25, 0.3) is 0 Å². The van der Waals surface area contributed by atoms with Crippen molar-refractivity contribution in [2.24, 2.45) is 0 Å². The fraction of sp³-hybridized carbons (Fsp3) is 0.294. The zero-order valence-corrected chi connectivity index (χ0v) is 11.8. The molecule has 3 heteroatoms. The number of halogens is 2. The molecule has 0 saturated heterocycles. The Morgan fingerprint density at radius 1 is 0.900 bits per heavy atom. The van der Waals surface area contributed by atoms with E-state index in [2.05, 4.69) is 31.3 Å². The predicted octanol–water partition coefficient (Wildman–Crippen LogP) is 4.70. The molecule has 0 atom stereocenters. The monoisotopic (exact) mass is 275 g/mol. The topological polar surface area (TPSA) is 12.0 Å². The van der Waals surface area contributed by atoms with Crippen molar-refractivity contribution in [3.05, 3.63) is 64.7 Å². The lowest BCUT2D eigenvalue weighted by Gasteiger charge is -2.15. The molecule has 20 heavy (non-hydrogen) atoms. The van der Waals surface area contributed by atoms with Gasteiger partial charge in [-0.3, -0.25) is 0 Å². The summed E-state index contributed by atoms with van der Waals surface area (Å²) in [6.45, 7) is 4.55. The maximum absolute atomic E-state index is 13.6. The second-order valence-corrected chi connectivity index (χ2v) is 4.75. The molecule has 0 amide bonds. The third kappa shape index (κ3) is 3.16. The fourth-order valence-corrected chi connectivity index (χ4v) is 2.32. The zero-order valence-electron chi connectivity index (χ0n) is 11.8. The minimum absolute atomic E-state index is 0.357. The highest BCUT2D eigenvalue weighted by molar-refractivity contribution is 5.58. The van der Waals surface area contributed by atoms with Gasteiger partial charge < -0.3 is 5.32 Å². The Morgan fingerprint density at radius 2 is 1.55 bits per heavy atom. The van der Waals surface area contributed by atoms with Crippen molar-refractivity contribution < 1.29 is 8.78 Å². The zero-order chi connectivity index (χ0) is 14.5. The van der Waals surface area contributed by atoms with Crippen molar-refractivity contribution >= 4 is 5.69 Å². The van der Waals surface area contributed by atoms with Gasteiger partial charge in [0.15, 0.2) is 0 Å². The number of benzene rings is 2. The van der Waals surface area contributed by atoms with Gasteiger partial charge in [-0.2, -0.15) is 0 Å². The third-order valence-electron chi connectivity index (χ3n) is 3.47. The van der Waals surface area contributed by atoms with Gasteiger partial charge in [-0.25, -0.2) is 8.78 Å². The lowest BCUT2D eigenvalue weighted by Crippen LogP contribution is -2.06. The van der Waals surface area contributed by atoms with Crippen molar-refractivity contribution in [3.63, 3.8) is 0 Å². The van der Waals surface area contributed by atoms with Crippen LogP contribution >= 0.6 is 0 Å². The van der Waals surface area contributed by atoms with E-state index < -0.39 is 11.6 Å². The van der Waals surface area contributed by atoms with E-state index in [0.29, 0.717) is 12.1 Å². The molecule has 106 valence electrons. The van der Waals surface area contributed by atoms with Gasteiger partial charge in [0, 0.05) is 23.9 Å². The third-order valence-corrected chi connectivity index (χ3v) is 3.47. The molecule has 1 N–H and O–H groups in total. The van der Waals surface area contributed by atoms with E-state index in [1.54, 1.807) is 0 Å². The van der Waals surface area contributed by atoms with Gasteiger partial charge in [0.1, 0.15) is 11.6 Å². The van der Waals surface area contributed by atoms with Gasteiger partial charge in [0.2, 0.25) is 0 Å². The van der Waals surface area contributed by atoms with Crippen molar-refractivity contribution in [3.8, 4) is 0 Å². The molecule has 0 aliphatic carbocycles. The molecule has 0 saturated carbocycles. The van der Waals surface area contributed by atoms with E-state index in [1.807, 2.05) is 6.07 Å². The van der Waals surface area contributed by atoms with Crippen LogP contribution in [0.3, 0.4) is 0 Å². The Bertz CT molecular complexity index is 571. The number of aryl methyl sites for hydroxylation is 2. The summed E-state index contributed by atoms with van der Waals surface area (Å²) in [5.41, 5.74) is 3.97. The number of hydrogen-bond acceptors (Lipinski definition) is 1. The van der Waals surface area contributed by atoms with E-state index in [-0.39, 0.29) is 0 Å². The van der Waals surface area contributed by atoms with Gasteiger partial charge in [0.05, 0.1) is 0 Å². The quantitative estimate of drug-likeness (QED) is 0.834. The highest BCUT2D eigenvalue weighted by atomic mass is 19.1. The molecule has 0 bridgehead atoms. The Labute approximate surface area is 118 Å². The molecular weight excluding hydrogens is 256 g/mol. The number of nitrogens with one attached hydrogen (secondary N) is 1. The molecule has 2 aromatic rings. The van der Waals surface area contributed by atoms with Crippen molar-refractivity contribution in [2.75, 3.05) is 5.32 Å². The van der Waals surface area contributed by atoms with E-state index in [0.717, 1.165) is 24.6 Å². The minimum Gasteiger partial charge on any atom is -0.380 e. The molecule has 0 spiro atoms. The van der Waals surface area contributed by atoms with Gasteiger partial charge >= 0.3 is 0 Å². The normalized spacial score (nSPS) is 10.6. The van der Waals surface area contributed by atoms with Gasteiger partial charge in [-0.05, 0) is 30.0 Å². The molecule has 0 heterocycles. The molecule has 0 fully saturated rings. The Hall–Kier alpha value is -1.90. The average molecular weight is 275 g/mol. The molecule has 0 aliphatic heterocycles. The van der Waals surface area contributed by atoms with Crippen LogP contribution in [-0.4, -0.2) is 0 Å². The van der Waals surface area contributed by atoms with Crippen LogP contribution in [0.2, 0.25) is 0 Å². The Balaban J connectivity index is 2.22. The van der Waals surface area contributed by atoms with Crippen LogP contribution < -0.4 is 5.32 Å². The first-order chi connectivity index (χ1) is 9.65. The van der Waals surface area contributed by atoms with Crippen LogP contribution in [0.15, 0.2) is 36.4 Å². The van der Waals surface area contributed by atoms with Crippen molar-refractivity contribution in [1.82, 2.24) is 0 Å². The summed E-state index contributed by atoms with van der Waals surface area (Å²) in [5.74, 6) is -1.06. The highest BCUT2D eigenvalue weighted by Gasteiger charge is 2.08. The van der Waals surface area contributed by atoms with Crippen molar-refractivity contribution in [1.29, 1.82) is 0 Å². The van der Waals surface area contributed by atoms with Crippen LogP contribution in [0, 0.1) is 11.6 Å². The molecule has 0 aliphatic rings. The maximum atomic E-state index is 13.6. The first-order valence-corrected chi connectivity index (χ1v) is 6.94.